The summed E-state index contributed by atoms with van der Waals surface area (Å²) in [5.41, 5.74) is 11.2. The zero-order chi connectivity index (χ0) is 13.1. The Morgan fingerprint density at radius 3 is 2.67 bits per heavy atom. The molecule has 2 aromatic rings. The molecule has 18 heavy (non-hydrogen) atoms. The molecule has 1 unspecified atom stereocenters. The Hall–Kier alpha value is -1.61. The van der Waals surface area contributed by atoms with E-state index in [-0.39, 0.29) is 6.04 Å². The molecule has 2 N–H and O–H groups in total. The summed E-state index contributed by atoms with van der Waals surface area (Å²) in [6.07, 6.45) is 2.89. The van der Waals surface area contributed by atoms with E-state index >= 15 is 0 Å². The van der Waals surface area contributed by atoms with Gasteiger partial charge < -0.3 is 5.73 Å². The molecule has 0 fully saturated rings. The lowest BCUT2D eigenvalue weighted by molar-refractivity contribution is 0.559. The van der Waals surface area contributed by atoms with Crippen LogP contribution in [-0.2, 0) is 6.54 Å². The molecule has 0 aliphatic carbocycles. The van der Waals surface area contributed by atoms with E-state index in [2.05, 4.69) is 44.1 Å². The van der Waals surface area contributed by atoms with Crippen LogP contribution in [0.15, 0.2) is 30.5 Å². The average Bonchev–Trinajstić information content (AvgIpc) is 2.80. The Kier molecular flexibility index (Phi) is 3.82. The molecule has 1 aromatic heterocycles. The Balaban J connectivity index is 2.32. The molecule has 1 heterocycles. The number of hydrogen-bond acceptors (Lipinski definition) is 2. The number of benzene rings is 1. The molecule has 3 heteroatoms. The molecule has 0 aliphatic heterocycles. The van der Waals surface area contributed by atoms with Crippen LogP contribution in [0.1, 0.15) is 41.8 Å². The first-order valence-electron chi connectivity index (χ1n) is 6.48. The van der Waals surface area contributed by atoms with Crippen LogP contribution >= 0.6 is 0 Å². The quantitative estimate of drug-likeness (QED) is 0.897. The predicted molar refractivity (Wildman–Crippen MR) is 74.5 cm³/mol. The highest BCUT2D eigenvalue weighted by Crippen LogP contribution is 2.21. The van der Waals surface area contributed by atoms with Gasteiger partial charge in [0.15, 0.2) is 0 Å². The van der Waals surface area contributed by atoms with E-state index in [1.165, 1.54) is 11.1 Å². The molecule has 96 valence electrons. The minimum Gasteiger partial charge on any atom is -0.319 e. The fourth-order valence-electron chi connectivity index (χ4n) is 2.13. The van der Waals surface area contributed by atoms with E-state index in [9.17, 15) is 0 Å². The van der Waals surface area contributed by atoms with Gasteiger partial charge in [0.1, 0.15) is 0 Å². The zero-order valence-electron chi connectivity index (χ0n) is 11.4. The Bertz CT molecular complexity index is 528. The first-order valence-corrected chi connectivity index (χ1v) is 6.48. The molecule has 0 bridgehead atoms. The third kappa shape index (κ3) is 2.46. The van der Waals surface area contributed by atoms with Gasteiger partial charge in [0, 0.05) is 12.7 Å². The molecular weight excluding hydrogens is 222 g/mol. The number of aryl methyl sites for hydroxylation is 3. The van der Waals surface area contributed by atoms with Crippen LogP contribution in [0.4, 0.5) is 0 Å². The van der Waals surface area contributed by atoms with E-state index in [1.54, 1.807) is 0 Å². The predicted octanol–water partition coefficient (Wildman–Crippen LogP) is 2.96. The van der Waals surface area contributed by atoms with Crippen LogP contribution < -0.4 is 5.73 Å². The second-order valence-corrected chi connectivity index (χ2v) is 4.80. The van der Waals surface area contributed by atoms with E-state index in [0.717, 1.165) is 24.2 Å². The summed E-state index contributed by atoms with van der Waals surface area (Å²) < 4.78 is 2.00. The summed E-state index contributed by atoms with van der Waals surface area (Å²) >= 11 is 0. The Labute approximate surface area is 109 Å². The van der Waals surface area contributed by atoms with Gasteiger partial charge in [-0.25, -0.2) is 0 Å². The molecule has 0 spiro atoms. The first-order chi connectivity index (χ1) is 8.63. The van der Waals surface area contributed by atoms with Crippen molar-refractivity contribution >= 4 is 0 Å². The summed E-state index contributed by atoms with van der Waals surface area (Å²) in [7, 11) is 0. The SMILES string of the molecule is CCCn1nccc1C(N)c1ccc(C)c(C)c1. The second-order valence-electron chi connectivity index (χ2n) is 4.80. The minimum absolute atomic E-state index is 0.0988. The van der Waals surface area contributed by atoms with Crippen LogP contribution in [0.2, 0.25) is 0 Å². The highest BCUT2D eigenvalue weighted by atomic mass is 15.3. The topological polar surface area (TPSA) is 43.8 Å². The summed E-state index contributed by atoms with van der Waals surface area (Å²) in [5, 5.41) is 4.33. The van der Waals surface area contributed by atoms with Crippen molar-refractivity contribution < 1.29 is 0 Å². The maximum Gasteiger partial charge on any atom is 0.0723 e. The average molecular weight is 243 g/mol. The third-order valence-electron chi connectivity index (χ3n) is 3.39. The van der Waals surface area contributed by atoms with E-state index in [1.807, 2.05) is 16.9 Å². The Morgan fingerprint density at radius 2 is 2.00 bits per heavy atom. The van der Waals surface area contributed by atoms with Gasteiger partial charge in [0.25, 0.3) is 0 Å². The zero-order valence-corrected chi connectivity index (χ0v) is 11.4. The highest BCUT2D eigenvalue weighted by Gasteiger charge is 2.14. The van der Waals surface area contributed by atoms with E-state index in [0.29, 0.717) is 0 Å². The van der Waals surface area contributed by atoms with Crippen molar-refractivity contribution in [1.29, 1.82) is 0 Å². The largest absolute Gasteiger partial charge is 0.319 e. The number of nitrogens with zero attached hydrogens (tertiary/aromatic N) is 2. The molecule has 0 radical (unpaired) electrons. The molecule has 1 atom stereocenters. The van der Waals surface area contributed by atoms with Gasteiger partial charge in [0.2, 0.25) is 0 Å². The van der Waals surface area contributed by atoms with Crippen molar-refractivity contribution in [2.45, 2.75) is 39.8 Å². The lowest BCUT2D eigenvalue weighted by Crippen LogP contribution is -2.17. The second kappa shape index (κ2) is 5.36. The van der Waals surface area contributed by atoms with Gasteiger partial charge in [-0.1, -0.05) is 25.1 Å². The monoisotopic (exact) mass is 243 g/mol. The van der Waals surface area contributed by atoms with Crippen molar-refractivity contribution in [3.8, 4) is 0 Å². The van der Waals surface area contributed by atoms with E-state index in [4.69, 9.17) is 5.73 Å². The molecule has 0 aliphatic rings. The maximum absolute atomic E-state index is 6.35. The van der Waals surface area contributed by atoms with Crippen LogP contribution in [0.3, 0.4) is 0 Å². The number of hydrogen-bond donors (Lipinski definition) is 1. The van der Waals surface area contributed by atoms with Gasteiger partial charge in [-0.15, -0.1) is 0 Å². The maximum atomic E-state index is 6.35. The third-order valence-corrected chi connectivity index (χ3v) is 3.39. The van der Waals surface area contributed by atoms with Crippen LogP contribution in [0, 0.1) is 13.8 Å². The van der Waals surface area contributed by atoms with Crippen molar-refractivity contribution in [2.75, 3.05) is 0 Å². The summed E-state index contributed by atoms with van der Waals surface area (Å²) in [6, 6.07) is 8.32. The van der Waals surface area contributed by atoms with Gasteiger partial charge in [-0.3, -0.25) is 4.68 Å². The fraction of sp³-hybridized carbons (Fsp3) is 0.400. The molecule has 0 amide bonds. The smallest absolute Gasteiger partial charge is 0.0723 e. The molecule has 2 rings (SSSR count). The highest BCUT2D eigenvalue weighted by molar-refractivity contribution is 5.34. The number of aromatic nitrogens is 2. The lowest BCUT2D eigenvalue weighted by Gasteiger charge is -2.15. The Morgan fingerprint density at radius 1 is 1.22 bits per heavy atom. The van der Waals surface area contributed by atoms with Crippen molar-refractivity contribution in [2.24, 2.45) is 5.73 Å². The van der Waals surface area contributed by atoms with Gasteiger partial charge in [0.05, 0.1) is 11.7 Å². The molecule has 3 nitrogen and oxygen atoms in total. The van der Waals surface area contributed by atoms with Gasteiger partial charge in [-0.05, 0) is 43.0 Å². The van der Waals surface area contributed by atoms with Crippen molar-refractivity contribution in [3.63, 3.8) is 0 Å². The van der Waals surface area contributed by atoms with Crippen LogP contribution in [-0.4, -0.2) is 9.78 Å². The first kappa shape index (κ1) is 12.8. The summed E-state index contributed by atoms with van der Waals surface area (Å²) in [6.45, 7) is 7.30. The molecule has 0 saturated carbocycles. The number of nitrogens with two attached hydrogens (primary N) is 1. The molecule has 0 saturated heterocycles. The van der Waals surface area contributed by atoms with Gasteiger partial charge in [-0.2, -0.15) is 5.10 Å². The molecular formula is C15H21N3. The summed E-state index contributed by atoms with van der Waals surface area (Å²) in [5.74, 6) is 0. The normalized spacial score (nSPS) is 12.7. The standard InChI is InChI=1S/C15H21N3/c1-4-9-18-14(7-8-17-18)15(16)13-6-5-11(2)12(3)10-13/h5-8,10,15H,4,9,16H2,1-3H3. The summed E-state index contributed by atoms with van der Waals surface area (Å²) in [4.78, 5) is 0. The molecule has 1 aromatic carbocycles. The van der Waals surface area contributed by atoms with Crippen molar-refractivity contribution in [3.05, 3.63) is 52.8 Å². The van der Waals surface area contributed by atoms with Crippen LogP contribution in [0.25, 0.3) is 0 Å². The lowest BCUT2D eigenvalue weighted by atomic mass is 9.99. The van der Waals surface area contributed by atoms with Crippen molar-refractivity contribution in [1.82, 2.24) is 9.78 Å². The minimum atomic E-state index is -0.0988. The van der Waals surface area contributed by atoms with E-state index < -0.39 is 0 Å². The fourth-order valence-corrected chi connectivity index (χ4v) is 2.13. The number of rotatable bonds is 4. The van der Waals surface area contributed by atoms with Crippen LogP contribution in [0.5, 0.6) is 0 Å². The van der Waals surface area contributed by atoms with Gasteiger partial charge >= 0.3 is 0 Å².